The average molecular weight is 352 g/mol. The van der Waals surface area contributed by atoms with Gasteiger partial charge in [-0.2, -0.15) is 0 Å². The molecule has 1 atom stereocenters. The summed E-state index contributed by atoms with van der Waals surface area (Å²) >= 11 is 5.88. The number of hydrogen-bond donors (Lipinski definition) is 3. The second-order valence-electron chi connectivity index (χ2n) is 4.75. The van der Waals surface area contributed by atoms with Gasteiger partial charge in [0.15, 0.2) is 0 Å². The largest absolute Gasteiger partial charge is 0.325 e. The van der Waals surface area contributed by atoms with Crippen LogP contribution in [0.4, 0.5) is 10.1 Å². The highest BCUT2D eigenvalue weighted by molar-refractivity contribution is 7.89. The summed E-state index contributed by atoms with van der Waals surface area (Å²) in [6, 6.07) is 1.76. The van der Waals surface area contributed by atoms with Gasteiger partial charge in [-0.25, -0.2) is 17.5 Å². The molecule has 1 aromatic carbocycles. The van der Waals surface area contributed by atoms with E-state index in [4.69, 9.17) is 11.6 Å². The Balaban J connectivity index is 3.00. The molecular formula is C13H19ClFN3O3S. The summed E-state index contributed by atoms with van der Waals surface area (Å²) in [6.07, 6.45) is 0. The highest BCUT2D eigenvalue weighted by atomic mass is 35.5. The molecule has 22 heavy (non-hydrogen) atoms. The monoisotopic (exact) mass is 351 g/mol. The lowest BCUT2D eigenvalue weighted by Crippen LogP contribution is -2.39. The van der Waals surface area contributed by atoms with Gasteiger partial charge in [0.25, 0.3) is 0 Å². The second-order valence-corrected chi connectivity index (χ2v) is 6.90. The fourth-order valence-electron chi connectivity index (χ4n) is 1.75. The summed E-state index contributed by atoms with van der Waals surface area (Å²) < 4.78 is 40.6. The number of carbonyl (C=O) groups is 1. The van der Waals surface area contributed by atoms with Crippen LogP contribution in [0.3, 0.4) is 0 Å². The van der Waals surface area contributed by atoms with Crippen LogP contribution >= 0.6 is 11.6 Å². The van der Waals surface area contributed by atoms with E-state index in [1.165, 1.54) is 6.92 Å². The molecule has 0 aliphatic heterocycles. The zero-order valence-corrected chi connectivity index (χ0v) is 14.1. The highest BCUT2D eigenvalue weighted by Gasteiger charge is 2.22. The summed E-state index contributed by atoms with van der Waals surface area (Å²) in [4.78, 5) is 10.4. The van der Waals surface area contributed by atoms with Crippen molar-refractivity contribution in [3.8, 4) is 0 Å². The Morgan fingerprint density at radius 2 is 2.05 bits per heavy atom. The van der Waals surface area contributed by atoms with Gasteiger partial charge >= 0.3 is 0 Å². The molecule has 0 heterocycles. The van der Waals surface area contributed by atoms with Crippen molar-refractivity contribution in [3.05, 3.63) is 23.0 Å². The van der Waals surface area contributed by atoms with Crippen molar-refractivity contribution >= 4 is 33.2 Å². The van der Waals surface area contributed by atoms with Crippen molar-refractivity contribution < 1.29 is 17.6 Å². The standard InChI is InChI=1S/C13H19ClFN3O3S/c1-4-16-8(2)7-17-22(20,21)13-5-10(14)12(6-11(13)15)18-9(3)19/h5-6,8,16-17H,4,7H2,1-3H3,(H,18,19)/t8-/m1/s1. The number of benzene rings is 1. The van der Waals surface area contributed by atoms with Gasteiger partial charge in [-0.05, 0) is 19.5 Å². The van der Waals surface area contributed by atoms with E-state index in [2.05, 4.69) is 15.4 Å². The van der Waals surface area contributed by atoms with Crippen LogP contribution in [0, 0.1) is 5.82 Å². The Hall–Kier alpha value is -1.22. The van der Waals surface area contributed by atoms with Crippen LogP contribution in [0.5, 0.6) is 0 Å². The minimum absolute atomic E-state index is 0.0200. The predicted octanol–water partition coefficient (Wildman–Crippen LogP) is 1.71. The van der Waals surface area contributed by atoms with Crippen molar-refractivity contribution in [2.24, 2.45) is 0 Å². The summed E-state index contributed by atoms with van der Waals surface area (Å²) in [5.74, 6) is -1.42. The van der Waals surface area contributed by atoms with E-state index in [-0.39, 0.29) is 23.3 Å². The molecule has 0 aliphatic rings. The van der Waals surface area contributed by atoms with Crippen molar-refractivity contribution in [3.63, 3.8) is 0 Å². The average Bonchev–Trinajstić information content (AvgIpc) is 2.40. The van der Waals surface area contributed by atoms with E-state index in [9.17, 15) is 17.6 Å². The van der Waals surface area contributed by atoms with Crippen LogP contribution in [0.25, 0.3) is 0 Å². The summed E-state index contributed by atoms with van der Waals surface area (Å²) in [7, 11) is -4.03. The maximum atomic E-state index is 14.0. The smallest absolute Gasteiger partial charge is 0.243 e. The number of halogens is 2. The van der Waals surface area contributed by atoms with Gasteiger partial charge in [-0.1, -0.05) is 18.5 Å². The molecule has 0 saturated heterocycles. The molecular weight excluding hydrogens is 333 g/mol. The third-order valence-electron chi connectivity index (χ3n) is 2.75. The first-order chi connectivity index (χ1) is 10.2. The molecule has 0 unspecified atom stereocenters. The van der Waals surface area contributed by atoms with E-state index in [1.54, 1.807) is 6.92 Å². The first-order valence-electron chi connectivity index (χ1n) is 6.67. The summed E-state index contributed by atoms with van der Waals surface area (Å²) in [5.41, 5.74) is 0.0200. The van der Waals surface area contributed by atoms with Gasteiger partial charge < -0.3 is 10.6 Å². The Kier molecular flexibility index (Phi) is 6.73. The molecule has 0 radical (unpaired) electrons. The van der Waals surface area contributed by atoms with Crippen molar-refractivity contribution in [2.75, 3.05) is 18.4 Å². The molecule has 0 spiro atoms. The molecule has 124 valence electrons. The molecule has 0 fully saturated rings. The maximum Gasteiger partial charge on any atom is 0.243 e. The third-order valence-corrected chi connectivity index (χ3v) is 4.51. The summed E-state index contributed by atoms with van der Waals surface area (Å²) in [5, 5.41) is 5.30. The number of nitrogens with one attached hydrogen (secondary N) is 3. The van der Waals surface area contributed by atoms with Gasteiger partial charge in [-0.15, -0.1) is 0 Å². The lowest BCUT2D eigenvalue weighted by molar-refractivity contribution is -0.114. The number of hydrogen-bond acceptors (Lipinski definition) is 4. The number of sulfonamides is 1. The van der Waals surface area contributed by atoms with E-state index in [0.29, 0.717) is 6.54 Å². The van der Waals surface area contributed by atoms with Crippen LogP contribution in [-0.2, 0) is 14.8 Å². The Morgan fingerprint density at radius 3 is 2.59 bits per heavy atom. The van der Waals surface area contributed by atoms with Crippen LogP contribution in [-0.4, -0.2) is 33.5 Å². The van der Waals surface area contributed by atoms with Gasteiger partial charge in [0, 0.05) is 25.6 Å². The molecule has 0 bridgehead atoms. The number of carbonyl (C=O) groups excluding carboxylic acids is 1. The Bertz CT molecular complexity index is 652. The van der Waals surface area contributed by atoms with E-state index < -0.39 is 26.6 Å². The zero-order valence-electron chi connectivity index (χ0n) is 12.5. The van der Waals surface area contributed by atoms with Crippen molar-refractivity contribution in [1.29, 1.82) is 0 Å². The SMILES string of the molecule is CCN[C@H](C)CNS(=O)(=O)c1cc(Cl)c(NC(C)=O)cc1F. The minimum Gasteiger partial charge on any atom is -0.325 e. The minimum atomic E-state index is -4.03. The van der Waals surface area contributed by atoms with Crippen molar-refractivity contribution in [1.82, 2.24) is 10.0 Å². The first kappa shape index (κ1) is 18.8. The number of anilines is 1. The fourth-order valence-corrected chi connectivity index (χ4v) is 3.24. The zero-order chi connectivity index (χ0) is 16.9. The van der Waals surface area contributed by atoms with Crippen LogP contribution in [0.2, 0.25) is 5.02 Å². The molecule has 0 aromatic heterocycles. The molecule has 0 saturated carbocycles. The van der Waals surface area contributed by atoms with Crippen LogP contribution < -0.4 is 15.4 Å². The normalized spacial score (nSPS) is 13.0. The van der Waals surface area contributed by atoms with E-state index in [0.717, 1.165) is 12.1 Å². The third kappa shape index (κ3) is 5.20. The van der Waals surface area contributed by atoms with Gasteiger partial charge in [0.1, 0.15) is 10.7 Å². The predicted molar refractivity (Wildman–Crippen MR) is 84.0 cm³/mol. The second kappa shape index (κ2) is 7.87. The molecule has 6 nitrogen and oxygen atoms in total. The molecule has 1 amide bonds. The lowest BCUT2D eigenvalue weighted by Gasteiger charge is -2.15. The number of amides is 1. The van der Waals surface area contributed by atoms with Gasteiger partial charge in [-0.3, -0.25) is 4.79 Å². The molecule has 0 aliphatic carbocycles. The maximum absolute atomic E-state index is 14.0. The Labute approximate surface area is 134 Å². The number of likely N-dealkylation sites (N-methyl/N-ethyl adjacent to an activating group) is 1. The van der Waals surface area contributed by atoms with Gasteiger partial charge in [0.05, 0.1) is 10.7 Å². The van der Waals surface area contributed by atoms with E-state index in [1.807, 2.05) is 6.92 Å². The Morgan fingerprint density at radius 1 is 1.41 bits per heavy atom. The van der Waals surface area contributed by atoms with Gasteiger partial charge in [0.2, 0.25) is 15.9 Å². The molecule has 9 heteroatoms. The fraction of sp³-hybridized carbons (Fsp3) is 0.462. The molecule has 1 rings (SSSR count). The quantitative estimate of drug-likeness (QED) is 0.698. The topological polar surface area (TPSA) is 87.3 Å². The van der Waals surface area contributed by atoms with Crippen LogP contribution in [0.15, 0.2) is 17.0 Å². The highest BCUT2D eigenvalue weighted by Crippen LogP contribution is 2.28. The summed E-state index contributed by atoms with van der Waals surface area (Å²) in [6.45, 7) is 5.73. The van der Waals surface area contributed by atoms with Crippen molar-refractivity contribution in [2.45, 2.75) is 31.7 Å². The first-order valence-corrected chi connectivity index (χ1v) is 8.53. The lowest BCUT2D eigenvalue weighted by atomic mass is 10.3. The van der Waals surface area contributed by atoms with Crippen LogP contribution in [0.1, 0.15) is 20.8 Å². The van der Waals surface area contributed by atoms with E-state index >= 15 is 0 Å². The number of rotatable bonds is 7. The molecule has 3 N–H and O–H groups in total. The molecule has 1 aromatic rings.